The van der Waals surface area contributed by atoms with Crippen LogP contribution in [0.5, 0.6) is 0 Å². The number of alkyl halides is 1. The van der Waals surface area contributed by atoms with Gasteiger partial charge in [0, 0.05) is 17.6 Å². The van der Waals surface area contributed by atoms with Crippen LogP contribution in [-0.2, 0) is 14.4 Å². The van der Waals surface area contributed by atoms with E-state index < -0.39 is 36.9 Å². The van der Waals surface area contributed by atoms with Crippen LogP contribution in [0.2, 0.25) is 0 Å². The number of hydrogen-bond donors (Lipinski definition) is 4. The number of Topliss-reactive ketones (excluding diaryl/α,β-unsaturated/α-hetero) is 1. The van der Waals surface area contributed by atoms with E-state index in [1.165, 1.54) is 11.3 Å². The fourth-order valence-corrected chi connectivity index (χ4v) is 3.39. The summed E-state index contributed by atoms with van der Waals surface area (Å²) in [5.41, 5.74) is 10.4. The van der Waals surface area contributed by atoms with Gasteiger partial charge in [-0.05, 0) is 47.3 Å². The van der Waals surface area contributed by atoms with Crippen molar-refractivity contribution in [3.8, 4) is 0 Å². The van der Waals surface area contributed by atoms with Crippen molar-refractivity contribution in [2.24, 2.45) is 16.5 Å². The molecule has 0 aliphatic carbocycles. The fraction of sp³-hybridized carbons (Fsp3) is 0.577. The Labute approximate surface area is 234 Å². The predicted octanol–water partition coefficient (Wildman–Crippen LogP) is 2.94. The minimum absolute atomic E-state index is 0.182. The third kappa shape index (κ3) is 16.0. The van der Waals surface area contributed by atoms with E-state index in [0.29, 0.717) is 29.4 Å². The van der Waals surface area contributed by atoms with Gasteiger partial charge >= 0.3 is 0 Å². The van der Waals surface area contributed by atoms with E-state index in [1.807, 2.05) is 20.8 Å². The molecular weight excluding hydrogens is 559 g/mol. The van der Waals surface area contributed by atoms with Gasteiger partial charge < -0.3 is 27.0 Å². The third-order valence-electron chi connectivity index (χ3n) is 4.52. The molecule has 6 N–H and O–H groups in total. The number of nitrogens with one attached hydrogen (secondary N) is 2. The van der Waals surface area contributed by atoms with Gasteiger partial charge in [0.1, 0.15) is 12.7 Å². The van der Waals surface area contributed by atoms with E-state index in [9.17, 15) is 23.6 Å². The average molecular weight is 604 g/mol. The van der Waals surface area contributed by atoms with E-state index in [2.05, 4.69) is 45.4 Å². The highest BCUT2D eigenvalue weighted by atomic mass is 79.9. The molecular formula is C26H44BrFN6O4. The lowest BCUT2D eigenvalue weighted by molar-refractivity contribution is -0.138. The predicted molar refractivity (Wildman–Crippen MR) is 153 cm³/mol. The molecule has 1 aromatic rings. The molecule has 1 aliphatic heterocycles. The van der Waals surface area contributed by atoms with Gasteiger partial charge in [-0.3, -0.25) is 24.2 Å². The number of amides is 3. The number of carbonyl (C=O) groups excluding carboxylic acids is 4. The van der Waals surface area contributed by atoms with Gasteiger partial charge in [0.2, 0.25) is 11.8 Å². The molecule has 216 valence electrons. The summed E-state index contributed by atoms with van der Waals surface area (Å²) in [7, 11) is 0. The van der Waals surface area contributed by atoms with Gasteiger partial charge in [0.05, 0.1) is 18.7 Å². The highest BCUT2D eigenvalue weighted by molar-refractivity contribution is 9.10. The molecule has 38 heavy (non-hydrogen) atoms. The van der Waals surface area contributed by atoms with Crippen molar-refractivity contribution in [2.75, 3.05) is 32.9 Å². The van der Waals surface area contributed by atoms with Crippen molar-refractivity contribution in [3.63, 3.8) is 0 Å². The first-order valence-electron chi connectivity index (χ1n) is 12.9. The topological polar surface area (TPSA) is 160 Å². The van der Waals surface area contributed by atoms with Gasteiger partial charge in [-0.25, -0.2) is 4.39 Å². The van der Waals surface area contributed by atoms with Crippen LogP contribution in [-0.4, -0.2) is 73.3 Å². The average Bonchev–Trinajstić information content (AvgIpc) is 3.41. The molecule has 0 bridgehead atoms. The van der Waals surface area contributed by atoms with E-state index in [-0.39, 0.29) is 18.4 Å². The standard InChI is InChI=1S/C17H19BrFN3O4.C4H11N3.C3H8.C2H6/c18-13-5-2-1-4-12(13)16(25)21-10-15(24)22-7-3-6-14(22)17(26)20-9-11(23)8-19;1-2-3-7-4(5)6;1-3-2;1-2/h1-2,4-5,14H,3,6-10H2,(H,20,26)(H,21,25);2-3H2,1H3,(H4,5,6,7);3H2,1-2H3;1-2H3. The zero-order valence-corrected chi connectivity index (χ0v) is 24.8. The van der Waals surface area contributed by atoms with Crippen LogP contribution in [0.4, 0.5) is 4.39 Å². The van der Waals surface area contributed by atoms with E-state index in [1.54, 1.807) is 24.3 Å². The van der Waals surface area contributed by atoms with Crippen LogP contribution >= 0.6 is 15.9 Å². The number of halogens is 2. The smallest absolute Gasteiger partial charge is 0.252 e. The van der Waals surface area contributed by atoms with E-state index >= 15 is 0 Å². The quantitative estimate of drug-likeness (QED) is 0.251. The summed E-state index contributed by atoms with van der Waals surface area (Å²) in [5, 5.41) is 4.88. The van der Waals surface area contributed by atoms with Gasteiger partial charge in [0.15, 0.2) is 11.7 Å². The zero-order valence-electron chi connectivity index (χ0n) is 23.2. The number of carbonyl (C=O) groups is 4. The Hall–Kier alpha value is -3.02. The second-order valence-corrected chi connectivity index (χ2v) is 8.67. The molecule has 3 amide bonds. The molecule has 0 radical (unpaired) electrons. The van der Waals surface area contributed by atoms with Crippen molar-refractivity contribution in [3.05, 3.63) is 34.3 Å². The number of aliphatic imine (C=N–C) groups is 1. The van der Waals surface area contributed by atoms with Crippen LogP contribution < -0.4 is 22.1 Å². The van der Waals surface area contributed by atoms with Gasteiger partial charge in [-0.2, -0.15) is 0 Å². The van der Waals surface area contributed by atoms with Crippen molar-refractivity contribution < 1.29 is 23.6 Å². The third-order valence-corrected chi connectivity index (χ3v) is 5.21. The number of nitrogens with zero attached hydrogens (tertiary/aromatic N) is 2. The number of hydrogen-bond acceptors (Lipinski definition) is 5. The first-order chi connectivity index (χ1) is 18.1. The normalized spacial score (nSPS) is 13.2. The largest absolute Gasteiger partial charge is 0.370 e. The van der Waals surface area contributed by atoms with Gasteiger partial charge in [0.25, 0.3) is 5.91 Å². The maximum atomic E-state index is 12.4. The molecule has 1 fully saturated rings. The maximum absolute atomic E-state index is 12.4. The highest BCUT2D eigenvalue weighted by Crippen LogP contribution is 2.18. The summed E-state index contributed by atoms with van der Waals surface area (Å²) >= 11 is 3.27. The highest BCUT2D eigenvalue weighted by Gasteiger charge is 2.34. The first-order valence-corrected chi connectivity index (χ1v) is 13.6. The number of rotatable bonds is 9. The van der Waals surface area contributed by atoms with E-state index in [4.69, 9.17) is 11.5 Å². The Kier molecular flexibility index (Phi) is 22.6. The molecule has 12 heteroatoms. The molecule has 1 atom stereocenters. The summed E-state index contributed by atoms with van der Waals surface area (Å²) in [6, 6.07) is 6.11. The number of guanidine groups is 1. The van der Waals surface area contributed by atoms with Crippen LogP contribution in [0, 0.1) is 0 Å². The Morgan fingerprint density at radius 2 is 1.68 bits per heavy atom. The summed E-state index contributed by atoms with van der Waals surface area (Å²) in [6.45, 7) is 9.61. The molecule has 10 nitrogen and oxygen atoms in total. The molecule has 2 rings (SSSR count). The summed E-state index contributed by atoms with van der Waals surface area (Å²) in [6.07, 6.45) is 3.34. The monoisotopic (exact) mass is 602 g/mol. The summed E-state index contributed by atoms with van der Waals surface area (Å²) in [5.74, 6) is -1.83. The summed E-state index contributed by atoms with van der Waals surface area (Å²) in [4.78, 5) is 52.7. The fourth-order valence-electron chi connectivity index (χ4n) is 2.93. The molecule has 0 aromatic heterocycles. The molecule has 1 aliphatic rings. The lowest BCUT2D eigenvalue weighted by Crippen LogP contribution is -2.49. The second-order valence-electron chi connectivity index (χ2n) is 7.81. The van der Waals surface area contributed by atoms with Gasteiger partial charge in [-0.1, -0.05) is 53.2 Å². The van der Waals surface area contributed by atoms with Crippen LogP contribution in [0.25, 0.3) is 0 Å². The minimum atomic E-state index is -1.14. The Morgan fingerprint density at radius 1 is 1.08 bits per heavy atom. The van der Waals surface area contributed by atoms with Crippen molar-refractivity contribution >= 4 is 45.4 Å². The Morgan fingerprint density at radius 3 is 2.18 bits per heavy atom. The summed E-state index contributed by atoms with van der Waals surface area (Å²) < 4.78 is 12.8. The molecule has 1 unspecified atom stereocenters. The SMILES string of the molecule is CC.CCC.CCCN=C(N)N.O=C(CF)CNC(=O)C1CCCN1C(=O)CNC(=O)c1ccccc1Br. The number of ketones is 1. The lowest BCUT2D eigenvalue weighted by Gasteiger charge is -2.24. The number of benzene rings is 1. The van der Waals surface area contributed by atoms with Crippen LogP contribution in [0.15, 0.2) is 33.7 Å². The van der Waals surface area contributed by atoms with Crippen molar-refractivity contribution in [1.82, 2.24) is 15.5 Å². The molecule has 0 saturated carbocycles. The first kappa shape index (κ1) is 37.1. The minimum Gasteiger partial charge on any atom is -0.370 e. The molecule has 1 saturated heterocycles. The van der Waals surface area contributed by atoms with E-state index in [0.717, 1.165) is 13.0 Å². The Balaban J connectivity index is 0. The van der Waals surface area contributed by atoms with Gasteiger partial charge in [-0.15, -0.1) is 0 Å². The zero-order chi connectivity index (χ0) is 29.5. The van der Waals surface area contributed by atoms with Crippen molar-refractivity contribution in [2.45, 2.75) is 66.3 Å². The Bertz CT molecular complexity index is 881. The van der Waals surface area contributed by atoms with Crippen molar-refractivity contribution in [1.29, 1.82) is 0 Å². The second kappa shape index (κ2) is 23.1. The molecule has 0 spiro atoms. The van der Waals surface area contributed by atoms with Crippen LogP contribution in [0.3, 0.4) is 0 Å². The molecule has 1 heterocycles. The number of likely N-dealkylation sites (tertiary alicyclic amines) is 1. The maximum Gasteiger partial charge on any atom is 0.252 e. The lowest BCUT2D eigenvalue weighted by atomic mass is 10.2. The number of nitrogens with two attached hydrogens (primary N) is 2. The van der Waals surface area contributed by atoms with Crippen LogP contribution in [0.1, 0.15) is 70.7 Å². The molecule has 1 aromatic carbocycles.